The summed E-state index contributed by atoms with van der Waals surface area (Å²) >= 11 is 0. The summed E-state index contributed by atoms with van der Waals surface area (Å²) in [7, 11) is 0. The predicted octanol–water partition coefficient (Wildman–Crippen LogP) is 2.21. The number of hydrogen-bond acceptors (Lipinski definition) is 4. The Bertz CT molecular complexity index is 317. The smallest absolute Gasteiger partial charge is 0.336 e. The van der Waals surface area contributed by atoms with Gasteiger partial charge in [-0.3, -0.25) is 0 Å². The van der Waals surface area contributed by atoms with Gasteiger partial charge in [0.05, 0.1) is 0 Å². The summed E-state index contributed by atoms with van der Waals surface area (Å²) in [5.74, 6) is -2.71. The lowest BCUT2D eigenvalue weighted by Gasteiger charge is -2.32. The first-order valence-corrected chi connectivity index (χ1v) is 4.97. The standard InChI is InChI=1S/C12H18O4/c1-7-10(13)15-12(6,9(4)5)16-11(14)8(2)3/h7,9H,1-2H2,3-6H3. The van der Waals surface area contributed by atoms with E-state index in [1.807, 2.05) is 0 Å². The summed E-state index contributed by atoms with van der Waals surface area (Å²) in [6.45, 7) is 13.4. The van der Waals surface area contributed by atoms with Crippen molar-refractivity contribution in [2.24, 2.45) is 5.92 Å². The molecule has 0 fully saturated rings. The van der Waals surface area contributed by atoms with Crippen LogP contribution in [0.15, 0.2) is 24.8 Å². The molecule has 0 spiro atoms. The van der Waals surface area contributed by atoms with E-state index in [-0.39, 0.29) is 11.5 Å². The third kappa shape index (κ3) is 3.88. The molecule has 0 heterocycles. The molecule has 0 aliphatic rings. The molecule has 0 N–H and O–H groups in total. The molecule has 16 heavy (non-hydrogen) atoms. The fourth-order valence-electron chi connectivity index (χ4n) is 0.769. The van der Waals surface area contributed by atoms with E-state index in [1.165, 1.54) is 13.8 Å². The zero-order chi connectivity index (χ0) is 12.9. The summed E-state index contributed by atoms with van der Waals surface area (Å²) in [6, 6.07) is 0. The van der Waals surface area contributed by atoms with Crippen molar-refractivity contribution in [2.45, 2.75) is 33.5 Å². The Kier molecular flexibility index (Phi) is 4.95. The molecule has 0 amide bonds. The van der Waals surface area contributed by atoms with Gasteiger partial charge in [-0.1, -0.05) is 27.0 Å². The second-order valence-corrected chi connectivity index (χ2v) is 3.97. The maximum atomic E-state index is 11.4. The molecule has 1 unspecified atom stereocenters. The molecular weight excluding hydrogens is 208 g/mol. The molecule has 0 saturated carbocycles. The van der Waals surface area contributed by atoms with Gasteiger partial charge in [-0.05, 0) is 6.92 Å². The molecule has 0 bridgehead atoms. The summed E-state index contributed by atoms with van der Waals surface area (Å²) < 4.78 is 10.1. The van der Waals surface area contributed by atoms with E-state index in [4.69, 9.17) is 9.47 Å². The predicted molar refractivity (Wildman–Crippen MR) is 60.4 cm³/mol. The first-order valence-electron chi connectivity index (χ1n) is 4.97. The van der Waals surface area contributed by atoms with Crippen molar-refractivity contribution in [1.29, 1.82) is 0 Å². The number of esters is 2. The van der Waals surface area contributed by atoms with Crippen LogP contribution in [0.2, 0.25) is 0 Å². The van der Waals surface area contributed by atoms with Crippen molar-refractivity contribution in [1.82, 2.24) is 0 Å². The van der Waals surface area contributed by atoms with Gasteiger partial charge in [-0.15, -0.1) is 0 Å². The SMILES string of the molecule is C=CC(=O)OC(C)(OC(=O)C(=C)C)C(C)C. The minimum Gasteiger partial charge on any atom is -0.419 e. The van der Waals surface area contributed by atoms with Gasteiger partial charge in [-0.25, -0.2) is 9.59 Å². The fraction of sp³-hybridized carbons (Fsp3) is 0.500. The fourth-order valence-corrected chi connectivity index (χ4v) is 0.769. The lowest BCUT2D eigenvalue weighted by atomic mass is 10.0. The first-order chi connectivity index (χ1) is 7.23. The van der Waals surface area contributed by atoms with Crippen LogP contribution in [-0.4, -0.2) is 17.7 Å². The van der Waals surface area contributed by atoms with Crippen LogP contribution in [0.25, 0.3) is 0 Å². The van der Waals surface area contributed by atoms with Gasteiger partial charge in [0.1, 0.15) is 0 Å². The van der Waals surface area contributed by atoms with Crippen molar-refractivity contribution in [3.8, 4) is 0 Å². The first kappa shape index (κ1) is 14.4. The third-order valence-electron chi connectivity index (χ3n) is 2.16. The summed E-state index contributed by atoms with van der Waals surface area (Å²) in [5.41, 5.74) is 0.251. The largest absolute Gasteiger partial charge is 0.419 e. The minimum absolute atomic E-state index is 0.181. The van der Waals surface area contributed by atoms with Gasteiger partial charge in [0.2, 0.25) is 0 Å². The Morgan fingerprint density at radius 1 is 1.31 bits per heavy atom. The normalized spacial score (nSPS) is 13.8. The van der Waals surface area contributed by atoms with Crippen molar-refractivity contribution in [2.75, 3.05) is 0 Å². The molecule has 0 aromatic rings. The summed E-state index contributed by atoms with van der Waals surface area (Å²) in [5, 5.41) is 0. The molecule has 0 aromatic carbocycles. The highest BCUT2D eigenvalue weighted by Crippen LogP contribution is 2.24. The molecule has 0 aromatic heterocycles. The van der Waals surface area contributed by atoms with Crippen LogP contribution in [-0.2, 0) is 19.1 Å². The number of carbonyl (C=O) groups excluding carboxylic acids is 2. The van der Waals surface area contributed by atoms with Gasteiger partial charge in [0, 0.05) is 24.5 Å². The topological polar surface area (TPSA) is 52.6 Å². The molecular formula is C12H18O4. The molecule has 0 aliphatic heterocycles. The second-order valence-electron chi connectivity index (χ2n) is 3.97. The maximum absolute atomic E-state index is 11.4. The lowest BCUT2D eigenvalue weighted by molar-refractivity contribution is -0.231. The second kappa shape index (κ2) is 5.49. The number of carbonyl (C=O) groups is 2. The van der Waals surface area contributed by atoms with Gasteiger partial charge in [0.25, 0.3) is 5.79 Å². The Morgan fingerprint density at radius 3 is 2.12 bits per heavy atom. The highest BCUT2D eigenvalue weighted by atomic mass is 16.7. The van der Waals surface area contributed by atoms with Gasteiger partial charge < -0.3 is 9.47 Å². The van der Waals surface area contributed by atoms with Crippen molar-refractivity contribution < 1.29 is 19.1 Å². The monoisotopic (exact) mass is 226 g/mol. The summed E-state index contributed by atoms with van der Waals surface area (Å²) in [4.78, 5) is 22.5. The Balaban J connectivity index is 4.83. The molecule has 1 atom stereocenters. The van der Waals surface area contributed by atoms with E-state index in [0.29, 0.717) is 0 Å². The van der Waals surface area contributed by atoms with Crippen molar-refractivity contribution in [3.05, 3.63) is 24.8 Å². The van der Waals surface area contributed by atoms with E-state index >= 15 is 0 Å². The summed E-state index contributed by atoms with van der Waals surface area (Å²) in [6.07, 6.45) is 1.02. The van der Waals surface area contributed by atoms with Crippen molar-refractivity contribution >= 4 is 11.9 Å². The van der Waals surface area contributed by atoms with Crippen LogP contribution in [0.5, 0.6) is 0 Å². The van der Waals surface area contributed by atoms with Crippen LogP contribution in [0, 0.1) is 5.92 Å². The lowest BCUT2D eigenvalue weighted by Crippen LogP contribution is -2.41. The van der Waals surface area contributed by atoms with Crippen LogP contribution < -0.4 is 0 Å². The van der Waals surface area contributed by atoms with Crippen LogP contribution >= 0.6 is 0 Å². The zero-order valence-electron chi connectivity index (χ0n) is 10.2. The van der Waals surface area contributed by atoms with Gasteiger partial charge in [-0.2, -0.15) is 0 Å². The Morgan fingerprint density at radius 2 is 1.81 bits per heavy atom. The minimum atomic E-state index is -1.30. The van der Waals surface area contributed by atoms with Gasteiger partial charge in [0.15, 0.2) is 0 Å². The molecule has 4 heteroatoms. The van der Waals surface area contributed by atoms with Crippen LogP contribution in [0.1, 0.15) is 27.7 Å². The van der Waals surface area contributed by atoms with E-state index < -0.39 is 17.7 Å². The average molecular weight is 226 g/mol. The van der Waals surface area contributed by atoms with Crippen LogP contribution in [0.4, 0.5) is 0 Å². The Labute approximate surface area is 95.9 Å². The van der Waals surface area contributed by atoms with E-state index in [2.05, 4.69) is 13.2 Å². The molecule has 4 nitrogen and oxygen atoms in total. The third-order valence-corrected chi connectivity index (χ3v) is 2.16. The van der Waals surface area contributed by atoms with E-state index in [0.717, 1.165) is 6.08 Å². The van der Waals surface area contributed by atoms with E-state index in [1.54, 1.807) is 13.8 Å². The molecule has 0 rings (SSSR count). The highest BCUT2D eigenvalue weighted by Gasteiger charge is 2.36. The average Bonchev–Trinajstić information content (AvgIpc) is 2.16. The van der Waals surface area contributed by atoms with E-state index in [9.17, 15) is 9.59 Å². The van der Waals surface area contributed by atoms with Gasteiger partial charge >= 0.3 is 11.9 Å². The number of ether oxygens (including phenoxy) is 2. The molecule has 0 radical (unpaired) electrons. The quantitative estimate of drug-likeness (QED) is 0.409. The molecule has 90 valence electrons. The zero-order valence-corrected chi connectivity index (χ0v) is 10.2. The highest BCUT2D eigenvalue weighted by molar-refractivity contribution is 5.87. The number of hydrogen-bond donors (Lipinski definition) is 0. The maximum Gasteiger partial charge on any atom is 0.336 e. The Hall–Kier alpha value is -1.58. The molecule has 0 saturated heterocycles. The van der Waals surface area contributed by atoms with Crippen LogP contribution in [0.3, 0.4) is 0 Å². The number of rotatable bonds is 5. The molecule has 0 aliphatic carbocycles. The van der Waals surface area contributed by atoms with Crippen molar-refractivity contribution in [3.63, 3.8) is 0 Å².